The summed E-state index contributed by atoms with van der Waals surface area (Å²) in [5.41, 5.74) is 1.17. The van der Waals surface area contributed by atoms with Crippen LogP contribution in [0.5, 0.6) is 0 Å². The van der Waals surface area contributed by atoms with E-state index in [1.165, 1.54) is 30.1 Å². The second-order valence-electron chi connectivity index (χ2n) is 6.23. The van der Waals surface area contributed by atoms with Gasteiger partial charge < -0.3 is 9.80 Å². The molecule has 0 radical (unpaired) electrons. The Morgan fingerprint density at radius 2 is 1.86 bits per heavy atom. The number of nitrogens with one attached hydrogen (secondary N) is 2. The van der Waals surface area contributed by atoms with Crippen LogP contribution in [-0.4, -0.2) is 56.4 Å². The number of likely N-dealkylation sites (N-methyl/N-ethyl adjacent to an activating group) is 1. The Bertz CT molecular complexity index is 523. The van der Waals surface area contributed by atoms with Gasteiger partial charge in [-0.05, 0) is 12.5 Å². The SMILES string of the molecule is CC[NH+]1CC[NH+](CC(=O)N2N=CC[C@H]2c2ccccc2)CC1. The van der Waals surface area contributed by atoms with Gasteiger partial charge in [-0.15, -0.1) is 0 Å². The maximum atomic E-state index is 12.6. The van der Waals surface area contributed by atoms with Crippen LogP contribution in [0.25, 0.3) is 0 Å². The molecule has 1 aromatic rings. The molecule has 0 aromatic heterocycles. The fraction of sp³-hybridized carbons (Fsp3) is 0.529. The Kier molecular flexibility index (Phi) is 4.85. The molecule has 2 N–H and O–H groups in total. The van der Waals surface area contributed by atoms with Crippen LogP contribution in [0.1, 0.15) is 24.9 Å². The largest absolute Gasteiger partial charge is 0.326 e. The lowest BCUT2D eigenvalue weighted by atomic mass is 10.0. The number of quaternary nitrogens is 2. The van der Waals surface area contributed by atoms with Crippen LogP contribution < -0.4 is 9.80 Å². The van der Waals surface area contributed by atoms with Gasteiger partial charge in [0.25, 0.3) is 5.91 Å². The van der Waals surface area contributed by atoms with E-state index >= 15 is 0 Å². The van der Waals surface area contributed by atoms with Crippen LogP contribution >= 0.6 is 0 Å². The molecule has 5 heteroatoms. The Morgan fingerprint density at radius 1 is 1.18 bits per heavy atom. The number of hydrogen-bond acceptors (Lipinski definition) is 2. The molecule has 0 saturated carbocycles. The van der Waals surface area contributed by atoms with Crippen LogP contribution in [0.3, 0.4) is 0 Å². The maximum Gasteiger partial charge on any atom is 0.298 e. The van der Waals surface area contributed by atoms with Gasteiger partial charge in [0.1, 0.15) is 26.2 Å². The summed E-state index contributed by atoms with van der Waals surface area (Å²) in [7, 11) is 0. The smallest absolute Gasteiger partial charge is 0.298 e. The van der Waals surface area contributed by atoms with Crippen molar-refractivity contribution in [1.29, 1.82) is 0 Å². The molecule has 1 saturated heterocycles. The van der Waals surface area contributed by atoms with E-state index in [2.05, 4.69) is 24.2 Å². The van der Waals surface area contributed by atoms with Crippen LogP contribution in [0.2, 0.25) is 0 Å². The van der Waals surface area contributed by atoms with E-state index in [1.54, 1.807) is 9.91 Å². The molecule has 0 bridgehead atoms. The van der Waals surface area contributed by atoms with Crippen molar-refractivity contribution in [3.8, 4) is 0 Å². The zero-order chi connectivity index (χ0) is 15.4. The molecule has 22 heavy (non-hydrogen) atoms. The third kappa shape index (κ3) is 3.36. The van der Waals surface area contributed by atoms with Gasteiger partial charge in [0, 0.05) is 12.6 Å². The zero-order valence-electron chi connectivity index (χ0n) is 13.3. The first kappa shape index (κ1) is 15.2. The summed E-state index contributed by atoms with van der Waals surface area (Å²) in [6.07, 6.45) is 2.68. The van der Waals surface area contributed by atoms with E-state index < -0.39 is 0 Å². The van der Waals surface area contributed by atoms with Gasteiger partial charge in [-0.2, -0.15) is 5.10 Å². The summed E-state index contributed by atoms with van der Waals surface area (Å²) in [5.74, 6) is 0.151. The number of hydrazone groups is 1. The summed E-state index contributed by atoms with van der Waals surface area (Å²) in [5, 5.41) is 6.03. The van der Waals surface area contributed by atoms with Gasteiger partial charge >= 0.3 is 0 Å². The molecular formula is C17H26N4O+2. The number of hydrogen-bond donors (Lipinski definition) is 2. The molecular weight excluding hydrogens is 276 g/mol. The van der Waals surface area contributed by atoms with E-state index in [0.717, 1.165) is 19.5 Å². The number of rotatable bonds is 4. The molecule has 2 heterocycles. The molecule has 1 aromatic carbocycles. The summed E-state index contributed by atoms with van der Waals surface area (Å²) in [4.78, 5) is 15.7. The van der Waals surface area contributed by atoms with Gasteiger partial charge in [0.2, 0.25) is 0 Å². The second-order valence-corrected chi connectivity index (χ2v) is 6.23. The first-order valence-electron chi connectivity index (χ1n) is 8.34. The number of amides is 1. The fourth-order valence-electron chi connectivity index (χ4n) is 3.39. The summed E-state index contributed by atoms with van der Waals surface area (Å²) < 4.78 is 0. The third-order valence-corrected chi connectivity index (χ3v) is 4.84. The van der Waals surface area contributed by atoms with Crippen LogP contribution in [0.4, 0.5) is 0 Å². The normalized spacial score (nSPS) is 28.0. The minimum absolute atomic E-state index is 0.0793. The predicted octanol–water partition coefficient (Wildman–Crippen LogP) is -1.25. The first-order chi connectivity index (χ1) is 10.8. The molecule has 5 nitrogen and oxygen atoms in total. The van der Waals surface area contributed by atoms with Crippen molar-refractivity contribution in [2.75, 3.05) is 39.3 Å². The highest BCUT2D eigenvalue weighted by Crippen LogP contribution is 2.27. The van der Waals surface area contributed by atoms with Crippen molar-refractivity contribution in [2.45, 2.75) is 19.4 Å². The quantitative estimate of drug-likeness (QED) is 0.717. The summed E-state index contributed by atoms with van der Waals surface area (Å²) >= 11 is 0. The van der Waals surface area contributed by atoms with Gasteiger partial charge in [-0.1, -0.05) is 30.3 Å². The molecule has 0 aliphatic carbocycles. The van der Waals surface area contributed by atoms with Gasteiger partial charge in [-0.25, -0.2) is 5.01 Å². The minimum atomic E-state index is 0.0793. The molecule has 1 fully saturated rings. The van der Waals surface area contributed by atoms with Crippen molar-refractivity contribution in [3.05, 3.63) is 35.9 Å². The minimum Gasteiger partial charge on any atom is -0.326 e. The zero-order valence-corrected chi connectivity index (χ0v) is 13.3. The van der Waals surface area contributed by atoms with E-state index in [-0.39, 0.29) is 11.9 Å². The highest BCUT2D eigenvalue weighted by atomic mass is 16.2. The Morgan fingerprint density at radius 3 is 2.55 bits per heavy atom. The van der Waals surface area contributed by atoms with E-state index in [1.807, 2.05) is 24.4 Å². The predicted molar refractivity (Wildman–Crippen MR) is 85.9 cm³/mol. The highest BCUT2D eigenvalue weighted by molar-refractivity contribution is 5.80. The molecule has 118 valence electrons. The van der Waals surface area contributed by atoms with Crippen molar-refractivity contribution in [2.24, 2.45) is 5.10 Å². The number of nitrogens with zero attached hydrogens (tertiary/aromatic N) is 2. The molecule has 1 atom stereocenters. The monoisotopic (exact) mass is 302 g/mol. The lowest BCUT2D eigenvalue weighted by Gasteiger charge is -2.30. The fourth-order valence-corrected chi connectivity index (χ4v) is 3.39. The number of carbonyl (C=O) groups is 1. The van der Waals surface area contributed by atoms with Gasteiger partial charge in [0.05, 0.1) is 12.6 Å². The maximum absolute atomic E-state index is 12.6. The lowest BCUT2D eigenvalue weighted by molar-refractivity contribution is -1.01. The van der Waals surface area contributed by atoms with Crippen LogP contribution in [-0.2, 0) is 4.79 Å². The average molecular weight is 302 g/mol. The Balaban J connectivity index is 1.59. The molecule has 2 aliphatic heterocycles. The van der Waals surface area contributed by atoms with E-state index in [4.69, 9.17) is 0 Å². The van der Waals surface area contributed by atoms with E-state index in [9.17, 15) is 4.79 Å². The molecule has 3 rings (SSSR count). The van der Waals surface area contributed by atoms with Crippen molar-refractivity contribution in [3.63, 3.8) is 0 Å². The molecule has 0 unspecified atom stereocenters. The topological polar surface area (TPSA) is 41.6 Å². The van der Waals surface area contributed by atoms with E-state index in [0.29, 0.717) is 6.54 Å². The molecule has 1 amide bonds. The van der Waals surface area contributed by atoms with Crippen LogP contribution in [0, 0.1) is 0 Å². The van der Waals surface area contributed by atoms with Gasteiger partial charge in [0.15, 0.2) is 6.54 Å². The third-order valence-electron chi connectivity index (χ3n) is 4.84. The molecule has 0 spiro atoms. The summed E-state index contributed by atoms with van der Waals surface area (Å²) in [6.45, 7) is 8.50. The standard InChI is InChI=1S/C17H24N4O/c1-2-19-10-12-20(13-11-19)14-17(22)21-16(8-9-18-21)15-6-4-3-5-7-15/h3-7,9,16H,2,8,10-14H2,1H3/p+2/t16-/m0/s1. The average Bonchev–Trinajstić information content (AvgIpc) is 3.06. The first-order valence-corrected chi connectivity index (χ1v) is 8.34. The second kappa shape index (κ2) is 7.03. The molecule has 2 aliphatic rings. The lowest BCUT2D eigenvalue weighted by Crippen LogP contribution is -3.28. The number of carbonyl (C=O) groups excluding carboxylic acids is 1. The Labute approximate surface area is 132 Å². The number of piperazine rings is 1. The van der Waals surface area contributed by atoms with Crippen molar-refractivity contribution in [1.82, 2.24) is 5.01 Å². The summed E-state index contributed by atoms with van der Waals surface area (Å²) in [6, 6.07) is 10.3. The Hall–Kier alpha value is -1.72. The van der Waals surface area contributed by atoms with Crippen LogP contribution in [0.15, 0.2) is 35.4 Å². The number of benzene rings is 1. The van der Waals surface area contributed by atoms with Gasteiger partial charge in [-0.3, -0.25) is 4.79 Å². The van der Waals surface area contributed by atoms with Crippen molar-refractivity contribution < 1.29 is 14.6 Å². The van der Waals surface area contributed by atoms with Crippen molar-refractivity contribution >= 4 is 12.1 Å². The highest BCUT2D eigenvalue weighted by Gasteiger charge is 2.32.